The summed E-state index contributed by atoms with van der Waals surface area (Å²) in [6.45, 7) is 0.264. The van der Waals surface area contributed by atoms with E-state index in [0.717, 1.165) is 6.07 Å². The Morgan fingerprint density at radius 2 is 2.00 bits per heavy atom. The SMILES string of the molecule is C[N-]Cc1ccc(Cl)c(C(F)(F)F)c1. The molecular formula is C9H8ClF3N-. The van der Waals surface area contributed by atoms with Crippen molar-refractivity contribution in [1.29, 1.82) is 0 Å². The maximum atomic E-state index is 12.4. The molecule has 0 aromatic heterocycles. The van der Waals surface area contributed by atoms with Gasteiger partial charge in [0.2, 0.25) is 0 Å². The van der Waals surface area contributed by atoms with Gasteiger partial charge in [0.25, 0.3) is 0 Å². The topological polar surface area (TPSA) is 14.1 Å². The van der Waals surface area contributed by atoms with Gasteiger partial charge in [0.15, 0.2) is 0 Å². The lowest BCUT2D eigenvalue weighted by atomic mass is 10.1. The molecule has 1 nitrogen and oxygen atoms in total. The summed E-state index contributed by atoms with van der Waals surface area (Å²) in [6.07, 6.45) is -4.40. The highest BCUT2D eigenvalue weighted by Crippen LogP contribution is 2.35. The third-order valence-electron chi connectivity index (χ3n) is 1.68. The first-order chi connectivity index (χ1) is 6.45. The summed E-state index contributed by atoms with van der Waals surface area (Å²) in [5.74, 6) is 0. The average Bonchev–Trinajstić information content (AvgIpc) is 2.07. The van der Waals surface area contributed by atoms with Crippen LogP contribution in [0.5, 0.6) is 0 Å². The third-order valence-corrected chi connectivity index (χ3v) is 2.01. The summed E-state index contributed by atoms with van der Waals surface area (Å²) in [5, 5.41) is 3.47. The van der Waals surface area contributed by atoms with Crippen LogP contribution in [0.4, 0.5) is 13.2 Å². The van der Waals surface area contributed by atoms with Crippen LogP contribution in [0, 0.1) is 0 Å². The predicted octanol–water partition coefficient (Wildman–Crippen LogP) is 3.86. The molecule has 0 saturated heterocycles. The molecule has 0 heterocycles. The maximum Gasteiger partial charge on any atom is 0.417 e. The van der Waals surface area contributed by atoms with Crippen LogP contribution in [0.2, 0.25) is 5.02 Å². The fourth-order valence-corrected chi connectivity index (χ4v) is 1.30. The van der Waals surface area contributed by atoms with Crippen LogP contribution in [-0.4, -0.2) is 7.05 Å². The van der Waals surface area contributed by atoms with E-state index in [1.165, 1.54) is 12.1 Å². The van der Waals surface area contributed by atoms with Crippen LogP contribution in [0.1, 0.15) is 11.1 Å². The second kappa shape index (κ2) is 4.19. The zero-order valence-corrected chi connectivity index (χ0v) is 8.15. The van der Waals surface area contributed by atoms with Gasteiger partial charge in [-0.05, 0) is 12.1 Å². The fourth-order valence-electron chi connectivity index (χ4n) is 1.07. The van der Waals surface area contributed by atoms with E-state index >= 15 is 0 Å². The van der Waals surface area contributed by atoms with E-state index in [2.05, 4.69) is 5.32 Å². The van der Waals surface area contributed by atoms with Crippen LogP contribution in [0.3, 0.4) is 0 Å². The summed E-state index contributed by atoms with van der Waals surface area (Å²) in [4.78, 5) is 0. The van der Waals surface area contributed by atoms with Gasteiger partial charge in [0, 0.05) is 0 Å². The van der Waals surface area contributed by atoms with Gasteiger partial charge in [-0.3, -0.25) is 0 Å². The zero-order chi connectivity index (χ0) is 10.8. The molecule has 0 spiro atoms. The van der Waals surface area contributed by atoms with E-state index < -0.39 is 11.7 Å². The summed E-state index contributed by atoms with van der Waals surface area (Å²) in [5.41, 5.74) is -0.301. The highest BCUT2D eigenvalue weighted by molar-refractivity contribution is 6.31. The minimum atomic E-state index is -4.40. The molecule has 0 saturated carbocycles. The molecule has 0 amide bonds. The third kappa shape index (κ3) is 2.62. The van der Waals surface area contributed by atoms with Crippen molar-refractivity contribution in [3.8, 4) is 0 Å². The van der Waals surface area contributed by atoms with Crippen molar-refractivity contribution in [2.24, 2.45) is 0 Å². The molecule has 0 bridgehead atoms. The van der Waals surface area contributed by atoms with Crippen molar-refractivity contribution in [2.45, 2.75) is 12.7 Å². The lowest BCUT2D eigenvalue weighted by Gasteiger charge is -2.14. The van der Waals surface area contributed by atoms with Gasteiger partial charge < -0.3 is 5.32 Å². The van der Waals surface area contributed by atoms with E-state index in [0.29, 0.717) is 5.56 Å². The fraction of sp³-hybridized carbons (Fsp3) is 0.333. The Labute approximate surface area is 84.9 Å². The van der Waals surface area contributed by atoms with Crippen LogP contribution in [-0.2, 0) is 12.7 Å². The van der Waals surface area contributed by atoms with Gasteiger partial charge >= 0.3 is 6.18 Å². The van der Waals surface area contributed by atoms with Gasteiger partial charge in [0.05, 0.1) is 10.6 Å². The van der Waals surface area contributed by atoms with Crippen molar-refractivity contribution < 1.29 is 13.2 Å². The molecule has 0 aliphatic heterocycles. The summed E-state index contributed by atoms with van der Waals surface area (Å²) < 4.78 is 37.1. The summed E-state index contributed by atoms with van der Waals surface area (Å²) in [6, 6.07) is 3.80. The molecule has 1 rings (SSSR count). The van der Waals surface area contributed by atoms with Crippen molar-refractivity contribution in [1.82, 2.24) is 0 Å². The number of alkyl halides is 3. The molecule has 0 radical (unpaired) electrons. The molecule has 5 heteroatoms. The lowest BCUT2D eigenvalue weighted by Crippen LogP contribution is -2.06. The van der Waals surface area contributed by atoms with E-state index in [-0.39, 0.29) is 11.6 Å². The van der Waals surface area contributed by atoms with Crippen molar-refractivity contribution in [2.75, 3.05) is 7.05 Å². The molecule has 1 aromatic carbocycles. The monoisotopic (exact) mass is 222 g/mol. The van der Waals surface area contributed by atoms with Gasteiger partial charge in [-0.2, -0.15) is 20.2 Å². The number of halogens is 4. The quantitative estimate of drug-likeness (QED) is 0.721. The first kappa shape index (κ1) is 11.3. The smallest absolute Gasteiger partial charge is 0.417 e. The van der Waals surface area contributed by atoms with E-state index in [9.17, 15) is 13.2 Å². The van der Waals surface area contributed by atoms with Gasteiger partial charge in [-0.25, -0.2) is 0 Å². The normalized spacial score (nSPS) is 11.8. The first-order valence-electron chi connectivity index (χ1n) is 3.86. The molecular weight excluding hydrogens is 215 g/mol. The van der Waals surface area contributed by atoms with Crippen LogP contribution in [0.15, 0.2) is 18.2 Å². The molecule has 0 fully saturated rings. The molecule has 0 N–H and O–H groups in total. The minimum absolute atomic E-state index is 0.264. The van der Waals surface area contributed by atoms with E-state index in [1.54, 1.807) is 7.05 Å². The highest BCUT2D eigenvalue weighted by atomic mass is 35.5. The average molecular weight is 223 g/mol. The second-order valence-corrected chi connectivity index (χ2v) is 3.19. The van der Waals surface area contributed by atoms with Gasteiger partial charge in [0.1, 0.15) is 0 Å². The summed E-state index contributed by atoms with van der Waals surface area (Å²) in [7, 11) is 1.54. The predicted molar refractivity (Wildman–Crippen MR) is 49.4 cm³/mol. The first-order valence-corrected chi connectivity index (χ1v) is 4.24. The number of hydrogen-bond acceptors (Lipinski definition) is 0. The number of rotatable bonds is 2. The molecule has 0 aliphatic rings. The maximum absolute atomic E-state index is 12.4. The Bertz CT molecular complexity index is 322. The second-order valence-electron chi connectivity index (χ2n) is 2.79. The molecule has 0 unspecified atom stereocenters. The Morgan fingerprint density at radius 3 is 2.50 bits per heavy atom. The van der Waals surface area contributed by atoms with Crippen molar-refractivity contribution in [3.05, 3.63) is 39.7 Å². The zero-order valence-electron chi connectivity index (χ0n) is 7.40. The molecule has 14 heavy (non-hydrogen) atoms. The Morgan fingerprint density at radius 1 is 1.36 bits per heavy atom. The molecule has 0 aliphatic carbocycles. The Kier molecular flexibility index (Phi) is 3.39. The van der Waals surface area contributed by atoms with E-state index in [1.807, 2.05) is 0 Å². The minimum Gasteiger partial charge on any atom is -0.661 e. The number of hydrogen-bond donors (Lipinski definition) is 0. The lowest BCUT2D eigenvalue weighted by molar-refractivity contribution is -0.137. The van der Waals surface area contributed by atoms with Crippen LogP contribution >= 0.6 is 11.6 Å². The number of nitrogens with zero attached hydrogens (tertiary/aromatic N) is 1. The van der Waals surface area contributed by atoms with Crippen LogP contribution in [0.25, 0.3) is 5.32 Å². The summed E-state index contributed by atoms with van der Waals surface area (Å²) >= 11 is 5.43. The van der Waals surface area contributed by atoms with Crippen molar-refractivity contribution >= 4 is 11.6 Å². The standard InChI is InChI=1S/C9H8ClF3N/c1-14-5-6-2-3-8(10)7(4-6)9(11,12)13/h2-4H,5H2,1H3/q-1. The molecule has 78 valence electrons. The van der Waals surface area contributed by atoms with Gasteiger partial charge in [-0.1, -0.05) is 23.2 Å². The molecule has 1 aromatic rings. The van der Waals surface area contributed by atoms with E-state index in [4.69, 9.17) is 11.6 Å². The van der Waals surface area contributed by atoms with Crippen LogP contribution < -0.4 is 0 Å². The van der Waals surface area contributed by atoms with Gasteiger partial charge in [-0.15, -0.1) is 6.54 Å². The Balaban J connectivity index is 3.09. The van der Waals surface area contributed by atoms with Crippen molar-refractivity contribution in [3.63, 3.8) is 0 Å². The Hall–Kier alpha value is -0.740. The number of benzene rings is 1. The molecule has 0 atom stereocenters. The largest absolute Gasteiger partial charge is 0.661 e. The highest BCUT2D eigenvalue weighted by Gasteiger charge is 2.32.